The number of methoxy groups -OCH3 is 1. The SMILES string of the molecule is C=C1C(=CC=C2CCC[C@]3(C)[C@@H]([C@@H](C)[C@@H](CCCCC(C)(C)O)OC)CC[C@@H]23)C[C@@H](O)C[C@@H]1O. The Morgan fingerprint density at radius 1 is 1.21 bits per heavy atom. The molecule has 0 saturated heterocycles. The average Bonchev–Trinajstić information content (AvgIpc) is 3.11. The molecule has 0 aromatic carbocycles. The molecule has 3 rings (SSSR count). The van der Waals surface area contributed by atoms with Crippen LogP contribution in [0.5, 0.6) is 0 Å². The van der Waals surface area contributed by atoms with Crippen molar-refractivity contribution in [3.8, 4) is 0 Å². The van der Waals surface area contributed by atoms with Crippen molar-refractivity contribution in [2.75, 3.05) is 7.11 Å². The first-order chi connectivity index (χ1) is 16.0. The Labute approximate surface area is 208 Å². The highest BCUT2D eigenvalue weighted by molar-refractivity contribution is 5.38. The monoisotopic (exact) mass is 474 g/mol. The van der Waals surface area contributed by atoms with E-state index in [0.29, 0.717) is 36.0 Å². The summed E-state index contributed by atoms with van der Waals surface area (Å²) in [4.78, 5) is 0. The molecular formula is C30H50O4. The van der Waals surface area contributed by atoms with Gasteiger partial charge in [-0.1, -0.05) is 51.0 Å². The Hall–Kier alpha value is -0.940. The minimum atomic E-state index is -0.629. The lowest BCUT2D eigenvalue weighted by atomic mass is 9.60. The van der Waals surface area contributed by atoms with Gasteiger partial charge in [-0.15, -0.1) is 0 Å². The van der Waals surface area contributed by atoms with Gasteiger partial charge in [0.25, 0.3) is 0 Å². The van der Waals surface area contributed by atoms with E-state index in [4.69, 9.17) is 4.74 Å². The van der Waals surface area contributed by atoms with Gasteiger partial charge in [-0.2, -0.15) is 0 Å². The predicted molar refractivity (Wildman–Crippen MR) is 139 cm³/mol. The summed E-state index contributed by atoms with van der Waals surface area (Å²) in [6.45, 7) is 12.8. The molecule has 194 valence electrons. The fourth-order valence-corrected chi connectivity index (χ4v) is 7.37. The first-order valence-electron chi connectivity index (χ1n) is 13.7. The number of hydrogen-bond donors (Lipinski definition) is 3. The summed E-state index contributed by atoms with van der Waals surface area (Å²) in [5, 5.41) is 30.3. The van der Waals surface area contributed by atoms with Gasteiger partial charge < -0.3 is 20.1 Å². The summed E-state index contributed by atoms with van der Waals surface area (Å²) in [5.41, 5.74) is 3.03. The second-order valence-corrected chi connectivity index (χ2v) is 12.4. The Balaban J connectivity index is 1.68. The Kier molecular flexibility index (Phi) is 9.28. The van der Waals surface area contributed by atoms with E-state index in [0.717, 1.165) is 43.3 Å². The van der Waals surface area contributed by atoms with Crippen LogP contribution in [0.1, 0.15) is 98.3 Å². The van der Waals surface area contributed by atoms with Gasteiger partial charge in [0, 0.05) is 13.5 Å². The third-order valence-electron chi connectivity index (χ3n) is 9.35. The summed E-state index contributed by atoms with van der Waals surface area (Å²) in [6, 6.07) is 0. The zero-order valence-electron chi connectivity index (χ0n) is 22.4. The number of aliphatic hydroxyl groups excluding tert-OH is 2. The number of rotatable bonds is 9. The van der Waals surface area contributed by atoms with Crippen LogP contribution in [-0.4, -0.2) is 46.3 Å². The largest absolute Gasteiger partial charge is 0.393 e. The smallest absolute Gasteiger partial charge is 0.0811 e. The van der Waals surface area contributed by atoms with Crippen molar-refractivity contribution in [1.29, 1.82) is 0 Å². The van der Waals surface area contributed by atoms with Gasteiger partial charge in [-0.05, 0) is 99.5 Å². The van der Waals surface area contributed by atoms with Crippen LogP contribution in [0.2, 0.25) is 0 Å². The molecule has 0 heterocycles. The number of unbranched alkanes of at least 4 members (excludes halogenated alkanes) is 1. The predicted octanol–water partition coefficient (Wildman–Crippen LogP) is 6.11. The Morgan fingerprint density at radius 3 is 2.62 bits per heavy atom. The first-order valence-corrected chi connectivity index (χ1v) is 13.7. The normalized spacial score (nSPS) is 36.6. The first kappa shape index (κ1) is 27.6. The van der Waals surface area contributed by atoms with Crippen LogP contribution in [0.3, 0.4) is 0 Å². The molecule has 0 bridgehead atoms. The molecule has 0 aromatic rings. The second kappa shape index (κ2) is 11.4. The topological polar surface area (TPSA) is 69.9 Å². The lowest BCUT2D eigenvalue weighted by Crippen LogP contribution is -2.39. The van der Waals surface area contributed by atoms with Crippen LogP contribution < -0.4 is 0 Å². The molecule has 0 unspecified atom stereocenters. The third kappa shape index (κ3) is 6.43. The van der Waals surface area contributed by atoms with Gasteiger partial charge in [0.05, 0.1) is 23.9 Å². The Morgan fingerprint density at radius 2 is 1.94 bits per heavy atom. The van der Waals surface area contributed by atoms with Gasteiger partial charge in [0.2, 0.25) is 0 Å². The van der Waals surface area contributed by atoms with Gasteiger partial charge in [-0.25, -0.2) is 0 Å². The number of hydrogen-bond acceptors (Lipinski definition) is 4. The van der Waals surface area contributed by atoms with Crippen LogP contribution in [0.15, 0.2) is 35.5 Å². The summed E-state index contributed by atoms with van der Waals surface area (Å²) >= 11 is 0. The third-order valence-corrected chi connectivity index (χ3v) is 9.35. The maximum atomic E-state index is 10.2. The minimum absolute atomic E-state index is 0.271. The molecule has 0 aromatic heterocycles. The number of allylic oxidation sites excluding steroid dienone is 3. The fraction of sp³-hybridized carbons (Fsp3) is 0.800. The van der Waals surface area contributed by atoms with E-state index >= 15 is 0 Å². The number of aliphatic hydroxyl groups is 3. The summed E-state index contributed by atoms with van der Waals surface area (Å²) in [6.07, 6.45) is 14.7. The van der Waals surface area contributed by atoms with Crippen molar-refractivity contribution < 1.29 is 20.1 Å². The van der Waals surface area contributed by atoms with Crippen molar-refractivity contribution in [1.82, 2.24) is 0 Å². The highest BCUT2D eigenvalue weighted by atomic mass is 16.5. The average molecular weight is 475 g/mol. The Bertz CT molecular complexity index is 760. The molecule has 0 spiro atoms. The van der Waals surface area contributed by atoms with Gasteiger partial charge >= 0.3 is 0 Å². The lowest BCUT2D eigenvalue weighted by Gasteiger charge is -2.45. The van der Waals surface area contributed by atoms with E-state index in [1.54, 1.807) is 0 Å². The maximum Gasteiger partial charge on any atom is 0.0811 e. The van der Waals surface area contributed by atoms with Crippen molar-refractivity contribution in [2.45, 2.75) is 122 Å². The quantitative estimate of drug-likeness (QED) is 0.353. The molecule has 3 saturated carbocycles. The highest BCUT2D eigenvalue weighted by Gasteiger charge is 2.51. The highest BCUT2D eigenvalue weighted by Crippen LogP contribution is 2.60. The van der Waals surface area contributed by atoms with E-state index < -0.39 is 17.8 Å². The standard InChI is InChI=1S/C30H50O4/c1-20-23(18-24(31)19-27(20)32)13-12-22-10-9-17-30(5)25(14-15-26(22)30)21(2)28(34-6)11-7-8-16-29(3,4)33/h12-13,21,24-28,31-33H,1,7-11,14-19H2,2-6H3/t21-,24-,25-,26+,27+,28-,30-/m1/s1. The van der Waals surface area contributed by atoms with E-state index in [9.17, 15) is 15.3 Å². The van der Waals surface area contributed by atoms with Crippen molar-refractivity contribution in [2.24, 2.45) is 23.2 Å². The molecule has 4 nitrogen and oxygen atoms in total. The molecule has 3 fully saturated rings. The maximum absolute atomic E-state index is 10.2. The molecule has 34 heavy (non-hydrogen) atoms. The van der Waals surface area contributed by atoms with E-state index in [1.807, 2.05) is 21.0 Å². The van der Waals surface area contributed by atoms with Crippen LogP contribution >= 0.6 is 0 Å². The molecule has 0 amide bonds. The van der Waals surface area contributed by atoms with Gasteiger partial charge in [0.1, 0.15) is 0 Å². The molecule has 0 radical (unpaired) electrons. The van der Waals surface area contributed by atoms with E-state index in [2.05, 4.69) is 32.6 Å². The van der Waals surface area contributed by atoms with E-state index in [1.165, 1.54) is 31.3 Å². The lowest BCUT2D eigenvalue weighted by molar-refractivity contribution is -0.0116. The molecule has 3 aliphatic carbocycles. The molecule has 0 aliphatic heterocycles. The van der Waals surface area contributed by atoms with Crippen LogP contribution in [-0.2, 0) is 4.74 Å². The number of ether oxygens (including phenoxy) is 1. The van der Waals surface area contributed by atoms with Crippen LogP contribution in [0.25, 0.3) is 0 Å². The van der Waals surface area contributed by atoms with Crippen molar-refractivity contribution in [3.63, 3.8) is 0 Å². The number of fused-ring (bicyclic) bond motifs is 1. The summed E-state index contributed by atoms with van der Waals surface area (Å²) in [7, 11) is 1.87. The second-order valence-electron chi connectivity index (χ2n) is 12.4. The van der Waals surface area contributed by atoms with Crippen molar-refractivity contribution in [3.05, 3.63) is 35.5 Å². The summed E-state index contributed by atoms with van der Waals surface area (Å²) in [5.74, 6) is 1.77. The molecular weight excluding hydrogens is 424 g/mol. The van der Waals surface area contributed by atoms with Crippen LogP contribution in [0, 0.1) is 23.2 Å². The molecule has 3 N–H and O–H groups in total. The van der Waals surface area contributed by atoms with E-state index in [-0.39, 0.29) is 6.10 Å². The minimum Gasteiger partial charge on any atom is -0.393 e. The zero-order chi connectivity index (χ0) is 25.1. The van der Waals surface area contributed by atoms with Gasteiger partial charge in [-0.3, -0.25) is 0 Å². The van der Waals surface area contributed by atoms with Crippen LogP contribution in [0.4, 0.5) is 0 Å². The van der Waals surface area contributed by atoms with Gasteiger partial charge in [0.15, 0.2) is 0 Å². The molecule has 4 heteroatoms. The van der Waals surface area contributed by atoms with Crippen molar-refractivity contribution >= 4 is 0 Å². The molecule has 3 aliphatic rings. The summed E-state index contributed by atoms with van der Waals surface area (Å²) < 4.78 is 6.02. The molecule has 7 atom stereocenters. The zero-order valence-corrected chi connectivity index (χ0v) is 22.4. The fourth-order valence-electron chi connectivity index (χ4n) is 7.37.